The van der Waals surface area contributed by atoms with E-state index in [0.29, 0.717) is 17.5 Å². The SMILES string of the molecule is Cc1cc(-c2[c-]ccc3c2oc2nc(-c4c(C(C)C)cccc4C(C)C)ccc23)ncc1C(C)(C)C.Cc1ccc(-c2[c-]cccc2)nc1.[Ir]. The van der Waals surface area contributed by atoms with Crippen molar-refractivity contribution in [3.63, 3.8) is 0 Å². The Kier molecular flexibility index (Phi) is 11.2. The molecular formula is C45H45IrN3O-2. The maximum Gasteiger partial charge on any atom is 0.216 e. The van der Waals surface area contributed by atoms with Crippen LogP contribution >= 0.6 is 0 Å². The van der Waals surface area contributed by atoms with E-state index in [4.69, 9.17) is 14.4 Å². The van der Waals surface area contributed by atoms with Gasteiger partial charge < -0.3 is 14.4 Å². The normalized spacial score (nSPS) is 11.5. The van der Waals surface area contributed by atoms with Crippen LogP contribution in [0.2, 0.25) is 0 Å². The first kappa shape index (κ1) is 36.8. The summed E-state index contributed by atoms with van der Waals surface area (Å²) in [6.07, 6.45) is 3.86. The molecular weight excluding hydrogens is 791 g/mol. The zero-order chi connectivity index (χ0) is 34.9. The molecule has 7 rings (SSSR count). The van der Waals surface area contributed by atoms with Crippen LogP contribution in [0.1, 0.15) is 88.1 Å². The van der Waals surface area contributed by atoms with Gasteiger partial charge in [0.25, 0.3) is 0 Å². The number of pyridine rings is 3. The summed E-state index contributed by atoms with van der Waals surface area (Å²) in [5, 5.41) is 2.05. The van der Waals surface area contributed by atoms with Crippen molar-refractivity contribution in [3.05, 3.63) is 137 Å². The van der Waals surface area contributed by atoms with Crippen molar-refractivity contribution < 1.29 is 24.5 Å². The molecule has 0 atom stereocenters. The van der Waals surface area contributed by atoms with Crippen molar-refractivity contribution in [2.45, 2.75) is 79.6 Å². The van der Waals surface area contributed by atoms with Gasteiger partial charge in [0.05, 0.1) is 11.3 Å². The first-order valence-electron chi connectivity index (χ1n) is 17.2. The topological polar surface area (TPSA) is 51.8 Å². The Morgan fingerprint density at radius 2 is 1.38 bits per heavy atom. The molecule has 50 heavy (non-hydrogen) atoms. The van der Waals surface area contributed by atoms with E-state index >= 15 is 0 Å². The van der Waals surface area contributed by atoms with E-state index in [1.165, 1.54) is 33.4 Å². The molecule has 0 saturated heterocycles. The van der Waals surface area contributed by atoms with E-state index in [2.05, 4.69) is 121 Å². The first-order chi connectivity index (χ1) is 23.4. The minimum Gasteiger partial charge on any atom is -0.486 e. The molecule has 0 bridgehead atoms. The molecule has 7 aromatic rings. The van der Waals surface area contributed by atoms with Gasteiger partial charge in [-0.1, -0.05) is 101 Å². The maximum atomic E-state index is 6.46. The second kappa shape index (κ2) is 15.2. The molecule has 0 spiro atoms. The molecule has 0 saturated carbocycles. The Morgan fingerprint density at radius 3 is 1.98 bits per heavy atom. The van der Waals surface area contributed by atoms with E-state index in [9.17, 15) is 0 Å². The van der Waals surface area contributed by atoms with Gasteiger partial charge in [-0.05, 0) is 76.9 Å². The summed E-state index contributed by atoms with van der Waals surface area (Å²) < 4.78 is 6.46. The van der Waals surface area contributed by atoms with Gasteiger partial charge in [-0.3, -0.25) is 0 Å². The van der Waals surface area contributed by atoms with Crippen molar-refractivity contribution >= 4 is 22.1 Å². The molecule has 3 aromatic carbocycles. The number of rotatable bonds is 5. The summed E-state index contributed by atoms with van der Waals surface area (Å²) in [6, 6.07) is 35.5. The fraction of sp³-hybridized carbons (Fsp3) is 0.267. The number of hydrogen-bond donors (Lipinski definition) is 0. The van der Waals surface area contributed by atoms with E-state index in [-0.39, 0.29) is 25.5 Å². The Labute approximate surface area is 310 Å². The summed E-state index contributed by atoms with van der Waals surface area (Å²) in [5.74, 6) is 0.803. The third kappa shape index (κ3) is 7.65. The number of benzene rings is 3. The zero-order valence-corrected chi connectivity index (χ0v) is 32.9. The molecule has 4 aromatic heterocycles. The molecule has 4 heterocycles. The van der Waals surface area contributed by atoms with Gasteiger partial charge in [-0.15, -0.1) is 54.1 Å². The van der Waals surface area contributed by atoms with Crippen LogP contribution in [0.25, 0.3) is 55.8 Å². The monoisotopic (exact) mass is 836 g/mol. The molecule has 5 heteroatoms. The van der Waals surface area contributed by atoms with Gasteiger partial charge >= 0.3 is 0 Å². The number of hydrogen-bond acceptors (Lipinski definition) is 4. The molecule has 0 aliphatic rings. The quantitative estimate of drug-likeness (QED) is 0.162. The van der Waals surface area contributed by atoms with Gasteiger partial charge in [-0.2, -0.15) is 0 Å². The van der Waals surface area contributed by atoms with Crippen LogP contribution in [0.3, 0.4) is 0 Å². The van der Waals surface area contributed by atoms with Gasteiger partial charge in [0, 0.05) is 43.4 Å². The number of furan rings is 1. The van der Waals surface area contributed by atoms with E-state index < -0.39 is 0 Å². The van der Waals surface area contributed by atoms with Gasteiger partial charge in [-0.25, -0.2) is 4.98 Å². The van der Waals surface area contributed by atoms with Gasteiger partial charge in [0.1, 0.15) is 0 Å². The number of nitrogens with zero attached hydrogens (tertiary/aromatic N) is 3. The summed E-state index contributed by atoms with van der Waals surface area (Å²) in [6.45, 7) is 19.8. The van der Waals surface area contributed by atoms with Crippen molar-refractivity contribution in [1.82, 2.24) is 15.0 Å². The molecule has 0 N–H and O–H groups in total. The molecule has 257 valence electrons. The van der Waals surface area contributed by atoms with Crippen LogP contribution in [0.15, 0.2) is 102 Å². The van der Waals surface area contributed by atoms with Crippen LogP contribution < -0.4 is 0 Å². The fourth-order valence-corrected chi connectivity index (χ4v) is 6.46. The standard InChI is InChI=1S/C33H35N2O.C12H10N.Ir/c1-19(2)22-11-9-12-23(20(3)4)30(22)28-16-15-25-24-13-10-14-26(31(24)36-32(25)35-28)29-17-21(5)27(18-34-29)33(6,7)8;1-10-7-8-12(13-9-10)11-5-3-2-4-6-11;/h9-13,15-20H,1-8H3;2-5,7-9H,1H3;/q2*-1;. The Balaban J connectivity index is 0.000000291. The van der Waals surface area contributed by atoms with Crippen LogP contribution in [0.5, 0.6) is 0 Å². The Hall–Kier alpha value is -4.44. The second-order valence-electron chi connectivity index (χ2n) is 14.5. The zero-order valence-electron chi connectivity index (χ0n) is 30.5. The van der Waals surface area contributed by atoms with Crippen LogP contribution in [0, 0.1) is 26.0 Å². The molecule has 0 amide bonds. The van der Waals surface area contributed by atoms with Gasteiger partial charge in [0.15, 0.2) is 0 Å². The molecule has 0 aliphatic heterocycles. The Bertz CT molecular complexity index is 2200. The van der Waals surface area contributed by atoms with Gasteiger partial charge in [0.2, 0.25) is 5.71 Å². The van der Waals surface area contributed by atoms with Crippen LogP contribution in [-0.4, -0.2) is 15.0 Å². The van der Waals surface area contributed by atoms with Crippen molar-refractivity contribution in [3.8, 4) is 33.8 Å². The smallest absolute Gasteiger partial charge is 0.216 e. The maximum absolute atomic E-state index is 6.46. The fourth-order valence-electron chi connectivity index (χ4n) is 6.46. The second-order valence-corrected chi connectivity index (χ2v) is 14.5. The van der Waals surface area contributed by atoms with Crippen LogP contribution in [0.4, 0.5) is 0 Å². The minimum atomic E-state index is 0. The predicted molar refractivity (Wildman–Crippen MR) is 204 cm³/mol. The minimum absolute atomic E-state index is 0. The van der Waals surface area contributed by atoms with Crippen molar-refractivity contribution in [2.75, 3.05) is 0 Å². The molecule has 0 aliphatic carbocycles. The van der Waals surface area contributed by atoms with E-state index in [0.717, 1.165) is 44.6 Å². The van der Waals surface area contributed by atoms with Crippen LogP contribution in [-0.2, 0) is 25.5 Å². The summed E-state index contributed by atoms with van der Waals surface area (Å²) >= 11 is 0. The average molecular weight is 836 g/mol. The third-order valence-corrected chi connectivity index (χ3v) is 9.00. The summed E-state index contributed by atoms with van der Waals surface area (Å²) in [4.78, 5) is 14.2. The molecule has 1 radical (unpaired) electrons. The Morgan fingerprint density at radius 1 is 0.680 bits per heavy atom. The number of aromatic nitrogens is 3. The number of aryl methyl sites for hydroxylation is 2. The molecule has 4 nitrogen and oxygen atoms in total. The predicted octanol–water partition coefficient (Wildman–Crippen LogP) is 12.2. The summed E-state index contributed by atoms with van der Waals surface area (Å²) in [5.41, 5.74) is 13.7. The largest absolute Gasteiger partial charge is 0.486 e. The third-order valence-electron chi connectivity index (χ3n) is 9.00. The van der Waals surface area contributed by atoms with Crippen molar-refractivity contribution in [2.24, 2.45) is 0 Å². The average Bonchev–Trinajstić information content (AvgIpc) is 3.46. The van der Waals surface area contributed by atoms with Crippen molar-refractivity contribution in [1.29, 1.82) is 0 Å². The van der Waals surface area contributed by atoms with E-state index in [1.807, 2.05) is 55.7 Å². The first-order valence-corrected chi connectivity index (χ1v) is 17.2. The number of fused-ring (bicyclic) bond motifs is 3. The van der Waals surface area contributed by atoms with E-state index in [1.54, 1.807) is 0 Å². The molecule has 0 unspecified atom stereocenters. The summed E-state index contributed by atoms with van der Waals surface area (Å²) in [7, 11) is 0. The molecule has 0 fully saturated rings.